The van der Waals surface area contributed by atoms with E-state index in [9.17, 15) is 9.18 Å². The summed E-state index contributed by atoms with van der Waals surface area (Å²) in [6.07, 6.45) is 3.95. The van der Waals surface area contributed by atoms with E-state index in [1.54, 1.807) is 13.2 Å². The minimum Gasteiger partial charge on any atom is -0.467 e. The van der Waals surface area contributed by atoms with Gasteiger partial charge in [0.05, 0.1) is 17.6 Å². The highest BCUT2D eigenvalue weighted by Gasteiger charge is 2.50. The minimum absolute atomic E-state index is 0.0322. The van der Waals surface area contributed by atoms with Gasteiger partial charge in [0, 0.05) is 43.8 Å². The molecule has 7 rings (SSSR count). The van der Waals surface area contributed by atoms with E-state index in [0.717, 1.165) is 49.8 Å². The fourth-order valence-electron chi connectivity index (χ4n) is 8.07. The van der Waals surface area contributed by atoms with Gasteiger partial charge < -0.3 is 23.8 Å². The minimum atomic E-state index is -0.866. The average molecular weight is 697 g/mol. The lowest BCUT2D eigenvalue weighted by Gasteiger charge is -2.41. The lowest BCUT2D eigenvalue weighted by molar-refractivity contribution is 0.0122. The van der Waals surface area contributed by atoms with Gasteiger partial charge >= 0.3 is 12.1 Å². The van der Waals surface area contributed by atoms with Crippen LogP contribution in [-0.4, -0.2) is 107 Å². The number of halogens is 2. The normalized spacial score (nSPS) is 29.0. The van der Waals surface area contributed by atoms with E-state index in [-0.39, 0.29) is 42.3 Å². The summed E-state index contributed by atoms with van der Waals surface area (Å²) in [5.74, 6) is 8.56. The van der Waals surface area contributed by atoms with Gasteiger partial charge in [-0.05, 0) is 94.9 Å². The monoisotopic (exact) mass is 696 g/mol. The topological polar surface area (TPSA) is 102 Å². The summed E-state index contributed by atoms with van der Waals surface area (Å²) >= 11 is 6.78. The van der Waals surface area contributed by atoms with Crippen molar-refractivity contribution in [3.63, 3.8) is 0 Å². The van der Waals surface area contributed by atoms with Crippen molar-refractivity contribution >= 4 is 23.6 Å². The molecule has 4 aliphatic heterocycles. The molecule has 0 unspecified atom stereocenters. The van der Waals surface area contributed by atoms with Crippen LogP contribution in [0.4, 0.5) is 15.1 Å². The lowest BCUT2D eigenvalue weighted by atomic mass is 9.95. The number of alkyl halides is 1. The maximum absolute atomic E-state index is 14.5. The zero-order valence-electron chi connectivity index (χ0n) is 29.0. The molecule has 11 nitrogen and oxygen atoms in total. The number of nitrogens with zero attached hydrogens (tertiary/aromatic N) is 6. The number of ether oxygens (including phenoxy) is 4. The Morgan fingerprint density at radius 1 is 1.10 bits per heavy atom. The van der Waals surface area contributed by atoms with Gasteiger partial charge in [0.15, 0.2) is 6.79 Å². The molecule has 1 saturated carbocycles. The predicted molar refractivity (Wildman–Crippen MR) is 182 cm³/mol. The molecule has 4 saturated heterocycles. The van der Waals surface area contributed by atoms with Crippen LogP contribution in [-0.2, 0) is 9.47 Å². The van der Waals surface area contributed by atoms with Gasteiger partial charge in [0.25, 0.3) is 0 Å². The van der Waals surface area contributed by atoms with Crippen LogP contribution in [0.3, 0.4) is 0 Å². The molecular formula is C36H46ClFN6O5. The maximum atomic E-state index is 14.5. The van der Waals surface area contributed by atoms with Crippen LogP contribution in [0.5, 0.6) is 11.8 Å². The summed E-state index contributed by atoms with van der Waals surface area (Å²) in [5, 5.41) is 0.606. The molecule has 5 heterocycles. The van der Waals surface area contributed by atoms with Gasteiger partial charge in [0.1, 0.15) is 24.1 Å². The molecule has 49 heavy (non-hydrogen) atoms. The summed E-state index contributed by atoms with van der Waals surface area (Å²) in [5.41, 5.74) is 0.816. The quantitative estimate of drug-likeness (QED) is 0.257. The predicted octanol–water partition coefficient (Wildman–Crippen LogP) is 5.57. The first-order valence-electron chi connectivity index (χ1n) is 17.4. The van der Waals surface area contributed by atoms with E-state index in [0.29, 0.717) is 61.2 Å². The number of benzene rings is 1. The molecule has 1 aromatic carbocycles. The van der Waals surface area contributed by atoms with Gasteiger partial charge in [-0.1, -0.05) is 24.4 Å². The zero-order chi connectivity index (χ0) is 34.5. The van der Waals surface area contributed by atoms with Crippen molar-refractivity contribution in [2.45, 2.75) is 102 Å². The molecule has 6 atom stereocenters. The van der Waals surface area contributed by atoms with Gasteiger partial charge in [0.2, 0.25) is 11.8 Å². The van der Waals surface area contributed by atoms with E-state index >= 15 is 0 Å². The molecule has 5 aliphatic rings. The van der Waals surface area contributed by atoms with Crippen molar-refractivity contribution in [2.75, 3.05) is 51.6 Å². The third-order valence-electron chi connectivity index (χ3n) is 10.4. The smallest absolute Gasteiger partial charge is 0.410 e. The standard InChI is InChI=1S/C36H46ClFN6O5/c1-22-13-28(22)31-23(14-27(15-29(31)37)48-21-46-5)7-10-30-39-32(41-33(40-30)47-20-36-11-6-12-43(36)17-24(38)16-36)42-18-25-8-9-26(19-42)44(25)34(45)49-35(2,3)4/h14-15,22,24-26,28H,6,8-9,11-13,16-21H2,1-5H3/t22-,24+,25-,26+,28-,36-/m0/s1. The van der Waals surface area contributed by atoms with Crippen molar-refractivity contribution in [2.24, 2.45) is 5.92 Å². The zero-order valence-corrected chi connectivity index (χ0v) is 29.8. The molecule has 1 aromatic heterocycles. The Balaban J connectivity index is 1.20. The summed E-state index contributed by atoms with van der Waals surface area (Å²) in [6.45, 7) is 10.6. The summed E-state index contributed by atoms with van der Waals surface area (Å²) in [7, 11) is 1.57. The Labute approximate surface area is 292 Å². The third-order valence-corrected chi connectivity index (χ3v) is 10.8. The van der Waals surface area contributed by atoms with Crippen LogP contribution in [0.15, 0.2) is 12.1 Å². The molecule has 0 N–H and O–H groups in total. The van der Waals surface area contributed by atoms with Crippen molar-refractivity contribution in [3.8, 4) is 23.6 Å². The van der Waals surface area contributed by atoms with Crippen molar-refractivity contribution < 1.29 is 28.1 Å². The van der Waals surface area contributed by atoms with E-state index in [2.05, 4.69) is 33.5 Å². The second-order valence-corrected chi connectivity index (χ2v) is 15.7. The van der Waals surface area contributed by atoms with Crippen LogP contribution in [0, 0.1) is 17.8 Å². The largest absolute Gasteiger partial charge is 0.467 e. The second kappa shape index (κ2) is 13.4. The molecule has 13 heteroatoms. The number of fused-ring (bicyclic) bond motifs is 3. The number of piperazine rings is 1. The molecule has 0 spiro atoms. The van der Waals surface area contributed by atoms with Crippen LogP contribution in [0.1, 0.15) is 89.1 Å². The molecule has 2 aromatic rings. The summed E-state index contributed by atoms with van der Waals surface area (Å²) in [4.78, 5) is 33.5. The number of carbonyl (C=O) groups is 1. The SMILES string of the molecule is COCOc1cc(Cl)c([C@H]2C[C@@H]2C)c(C#Cc2nc(OC[C@@]34CCCN3C[C@H](F)C4)nc(N3C[C@H]4CC[C@@H](C3)N4C(=O)OC(C)(C)C)n2)c1. The molecule has 2 bridgehead atoms. The van der Waals surface area contributed by atoms with Crippen molar-refractivity contribution in [3.05, 3.63) is 34.1 Å². The first-order valence-corrected chi connectivity index (χ1v) is 17.8. The van der Waals surface area contributed by atoms with Crippen LogP contribution >= 0.6 is 11.6 Å². The number of anilines is 1. The Morgan fingerprint density at radius 2 is 1.86 bits per heavy atom. The highest BCUT2D eigenvalue weighted by molar-refractivity contribution is 6.31. The molecule has 5 fully saturated rings. The molecule has 0 radical (unpaired) electrons. The fourth-order valence-corrected chi connectivity index (χ4v) is 8.41. The number of carbonyl (C=O) groups excluding carboxylic acids is 1. The van der Waals surface area contributed by atoms with Crippen LogP contribution in [0.25, 0.3) is 0 Å². The molecule has 264 valence electrons. The Bertz CT molecular complexity index is 1630. The summed E-state index contributed by atoms with van der Waals surface area (Å²) < 4.78 is 37.4. The van der Waals surface area contributed by atoms with E-state index < -0.39 is 11.8 Å². The van der Waals surface area contributed by atoms with Crippen molar-refractivity contribution in [1.82, 2.24) is 24.8 Å². The van der Waals surface area contributed by atoms with Gasteiger partial charge in [-0.25, -0.2) is 9.18 Å². The Hall–Kier alpha value is -3.40. The third kappa shape index (κ3) is 7.26. The van der Waals surface area contributed by atoms with E-state index in [1.165, 1.54) is 0 Å². The van der Waals surface area contributed by atoms with Gasteiger partial charge in [-0.3, -0.25) is 9.80 Å². The summed E-state index contributed by atoms with van der Waals surface area (Å²) in [6, 6.07) is 3.78. The first kappa shape index (κ1) is 34.1. The average Bonchev–Trinajstić information content (AvgIpc) is 3.34. The van der Waals surface area contributed by atoms with E-state index in [1.807, 2.05) is 31.7 Å². The lowest BCUT2D eigenvalue weighted by Crippen LogP contribution is -2.57. The fraction of sp³-hybridized carbons (Fsp3) is 0.667. The number of amides is 1. The molecule has 1 aliphatic carbocycles. The Morgan fingerprint density at radius 3 is 2.55 bits per heavy atom. The van der Waals surface area contributed by atoms with Gasteiger partial charge in [-0.2, -0.15) is 15.0 Å². The van der Waals surface area contributed by atoms with Crippen molar-refractivity contribution in [1.29, 1.82) is 0 Å². The van der Waals surface area contributed by atoms with Crippen LogP contribution in [0.2, 0.25) is 5.02 Å². The molecule has 1 amide bonds. The van der Waals surface area contributed by atoms with E-state index in [4.69, 9.17) is 40.5 Å². The number of rotatable bonds is 8. The number of hydrogen-bond acceptors (Lipinski definition) is 10. The Kier molecular flexibility index (Phi) is 9.30. The maximum Gasteiger partial charge on any atom is 0.410 e. The number of methoxy groups -OCH3 is 1. The first-order chi connectivity index (χ1) is 23.4. The van der Waals surface area contributed by atoms with Gasteiger partial charge in [-0.15, -0.1) is 0 Å². The highest BCUT2D eigenvalue weighted by atomic mass is 35.5. The number of hydrogen-bond donors (Lipinski definition) is 0. The van der Waals surface area contributed by atoms with Crippen LogP contribution < -0.4 is 14.4 Å². The second-order valence-electron chi connectivity index (χ2n) is 15.3. The highest BCUT2D eigenvalue weighted by Crippen LogP contribution is 2.51. The number of aromatic nitrogens is 3. The molecular weight excluding hydrogens is 651 g/mol.